The van der Waals surface area contributed by atoms with Gasteiger partial charge in [0.15, 0.2) is 0 Å². The third-order valence-corrected chi connectivity index (χ3v) is 5.68. The first-order valence-electron chi connectivity index (χ1n) is 9.95. The molecule has 1 unspecified atom stereocenters. The van der Waals surface area contributed by atoms with Crippen LogP contribution in [-0.2, 0) is 4.74 Å². The van der Waals surface area contributed by atoms with Crippen molar-refractivity contribution in [3.05, 3.63) is 42.0 Å². The van der Waals surface area contributed by atoms with Gasteiger partial charge in [0.2, 0.25) is 5.95 Å². The van der Waals surface area contributed by atoms with Gasteiger partial charge in [-0.3, -0.25) is 4.79 Å². The average molecular weight is 367 g/mol. The first-order valence-corrected chi connectivity index (χ1v) is 9.95. The van der Waals surface area contributed by atoms with Crippen molar-refractivity contribution in [1.29, 1.82) is 0 Å². The number of amides is 1. The first-order chi connectivity index (χ1) is 13.3. The highest BCUT2D eigenvalue weighted by Crippen LogP contribution is 2.36. The summed E-state index contributed by atoms with van der Waals surface area (Å²) in [6.07, 6.45) is 8.35. The smallest absolute Gasteiger partial charge is 0.270 e. The highest BCUT2D eigenvalue weighted by atomic mass is 16.5. The van der Waals surface area contributed by atoms with Crippen LogP contribution in [-0.4, -0.2) is 58.1 Å². The minimum absolute atomic E-state index is 0.0917. The number of anilines is 1. The SMILES string of the molecule is O=C(c1cccn1C1CC1)N1CCOC(c2ccnc(N3CCCC3)n2)C1. The van der Waals surface area contributed by atoms with E-state index in [4.69, 9.17) is 9.72 Å². The molecule has 2 aromatic heterocycles. The lowest BCUT2D eigenvalue weighted by Crippen LogP contribution is -2.43. The van der Waals surface area contributed by atoms with Gasteiger partial charge in [-0.15, -0.1) is 0 Å². The van der Waals surface area contributed by atoms with Gasteiger partial charge in [-0.1, -0.05) is 0 Å². The highest BCUT2D eigenvalue weighted by Gasteiger charge is 2.32. The van der Waals surface area contributed by atoms with Crippen molar-refractivity contribution in [3.63, 3.8) is 0 Å². The van der Waals surface area contributed by atoms with Crippen LogP contribution >= 0.6 is 0 Å². The van der Waals surface area contributed by atoms with Gasteiger partial charge in [0.25, 0.3) is 5.91 Å². The van der Waals surface area contributed by atoms with E-state index in [9.17, 15) is 4.79 Å². The zero-order valence-electron chi connectivity index (χ0n) is 15.5. The van der Waals surface area contributed by atoms with E-state index in [2.05, 4.69) is 14.5 Å². The van der Waals surface area contributed by atoms with Crippen LogP contribution < -0.4 is 4.90 Å². The maximum absolute atomic E-state index is 13.1. The Bertz CT molecular complexity index is 825. The Balaban J connectivity index is 1.32. The monoisotopic (exact) mass is 367 g/mol. The predicted molar refractivity (Wildman–Crippen MR) is 101 cm³/mol. The van der Waals surface area contributed by atoms with Gasteiger partial charge in [0.05, 0.1) is 18.8 Å². The van der Waals surface area contributed by atoms with Gasteiger partial charge in [-0.2, -0.15) is 0 Å². The fourth-order valence-corrected chi connectivity index (χ4v) is 4.03. The average Bonchev–Trinajstić information content (AvgIpc) is 3.21. The summed E-state index contributed by atoms with van der Waals surface area (Å²) < 4.78 is 8.09. The van der Waals surface area contributed by atoms with Gasteiger partial charge in [0.1, 0.15) is 11.8 Å². The zero-order chi connectivity index (χ0) is 18.2. The molecule has 1 amide bonds. The number of hydrogen-bond donors (Lipinski definition) is 0. The van der Waals surface area contributed by atoms with Crippen molar-refractivity contribution >= 4 is 11.9 Å². The molecule has 142 valence electrons. The number of rotatable bonds is 4. The number of hydrogen-bond acceptors (Lipinski definition) is 5. The normalized spacial score (nSPS) is 23.0. The number of aromatic nitrogens is 3. The van der Waals surface area contributed by atoms with E-state index in [1.54, 1.807) is 6.20 Å². The summed E-state index contributed by atoms with van der Waals surface area (Å²) in [5.41, 5.74) is 1.65. The van der Waals surface area contributed by atoms with Gasteiger partial charge in [-0.05, 0) is 43.9 Å². The second-order valence-corrected chi connectivity index (χ2v) is 7.62. The van der Waals surface area contributed by atoms with Crippen molar-refractivity contribution in [2.75, 3.05) is 37.7 Å². The molecule has 0 N–H and O–H groups in total. The molecule has 0 bridgehead atoms. The predicted octanol–water partition coefficient (Wildman–Crippen LogP) is 2.43. The fourth-order valence-electron chi connectivity index (χ4n) is 4.03. The number of carbonyl (C=O) groups excluding carboxylic acids is 1. The molecule has 1 saturated carbocycles. The Morgan fingerprint density at radius 3 is 2.81 bits per heavy atom. The Kier molecular flexibility index (Phi) is 4.32. The lowest BCUT2D eigenvalue weighted by molar-refractivity contribution is -0.0250. The van der Waals surface area contributed by atoms with E-state index >= 15 is 0 Å². The maximum atomic E-state index is 13.1. The second kappa shape index (κ2) is 6.96. The molecule has 0 spiro atoms. The van der Waals surface area contributed by atoms with Crippen LogP contribution in [0.5, 0.6) is 0 Å². The van der Waals surface area contributed by atoms with Crippen LogP contribution in [0.2, 0.25) is 0 Å². The molecule has 0 aromatic carbocycles. The lowest BCUT2D eigenvalue weighted by Gasteiger charge is -2.33. The quantitative estimate of drug-likeness (QED) is 0.830. The van der Waals surface area contributed by atoms with Crippen LogP contribution in [0.1, 0.15) is 54.0 Å². The molecule has 5 rings (SSSR count). The van der Waals surface area contributed by atoms with Crippen LogP contribution in [0.4, 0.5) is 5.95 Å². The molecule has 27 heavy (non-hydrogen) atoms. The zero-order valence-corrected chi connectivity index (χ0v) is 15.5. The van der Waals surface area contributed by atoms with E-state index in [1.165, 1.54) is 25.7 Å². The maximum Gasteiger partial charge on any atom is 0.270 e. The molecule has 1 atom stereocenters. The van der Waals surface area contributed by atoms with Crippen molar-refractivity contribution in [2.24, 2.45) is 0 Å². The molecule has 0 radical (unpaired) electrons. The molecule has 7 nitrogen and oxygen atoms in total. The van der Waals surface area contributed by atoms with Gasteiger partial charge in [-0.25, -0.2) is 9.97 Å². The molecule has 4 heterocycles. The van der Waals surface area contributed by atoms with Crippen molar-refractivity contribution < 1.29 is 9.53 Å². The molecular formula is C20H25N5O2. The third-order valence-electron chi connectivity index (χ3n) is 5.68. The van der Waals surface area contributed by atoms with Crippen LogP contribution in [0.25, 0.3) is 0 Å². The molecule has 2 saturated heterocycles. The molecule has 2 aliphatic heterocycles. The minimum Gasteiger partial charge on any atom is -0.368 e. The topological polar surface area (TPSA) is 63.5 Å². The van der Waals surface area contributed by atoms with Crippen LogP contribution in [0.3, 0.4) is 0 Å². The van der Waals surface area contributed by atoms with Gasteiger partial charge >= 0.3 is 0 Å². The van der Waals surface area contributed by atoms with E-state index < -0.39 is 0 Å². The Morgan fingerprint density at radius 1 is 1.15 bits per heavy atom. The van der Waals surface area contributed by atoms with E-state index in [-0.39, 0.29) is 12.0 Å². The largest absolute Gasteiger partial charge is 0.368 e. The number of ether oxygens (including phenoxy) is 1. The molecule has 3 aliphatic rings. The summed E-state index contributed by atoms with van der Waals surface area (Å²) in [6.45, 7) is 3.71. The molecule has 7 heteroatoms. The number of nitrogens with zero attached hydrogens (tertiary/aromatic N) is 5. The Labute approximate surface area is 159 Å². The minimum atomic E-state index is -0.198. The second-order valence-electron chi connectivity index (χ2n) is 7.62. The molecular weight excluding hydrogens is 342 g/mol. The summed E-state index contributed by atoms with van der Waals surface area (Å²) in [5.74, 6) is 0.869. The van der Waals surface area contributed by atoms with Crippen LogP contribution in [0.15, 0.2) is 30.6 Å². The van der Waals surface area contributed by atoms with Gasteiger partial charge in [0, 0.05) is 38.1 Å². The summed E-state index contributed by atoms with van der Waals surface area (Å²) in [5, 5.41) is 0. The van der Waals surface area contributed by atoms with Crippen molar-refractivity contribution in [2.45, 2.75) is 37.8 Å². The summed E-state index contributed by atoms with van der Waals surface area (Å²) in [4.78, 5) is 26.4. The number of morpholine rings is 1. The molecule has 2 aromatic rings. The first kappa shape index (κ1) is 16.7. The fraction of sp³-hybridized carbons (Fsp3) is 0.550. The summed E-state index contributed by atoms with van der Waals surface area (Å²) in [7, 11) is 0. The Hall–Kier alpha value is -2.41. The summed E-state index contributed by atoms with van der Waals surface area (Å²) >= 11 is 0. The molecule has 1 aliphatic carbocycles. The van der Waals surface area contributed by atoms with Gasteiger partial charge < -0.3 is 19.1 Å². The lowest BCUT2D eigenvalue weighted by atomic mass is 10.2. The Morgan fingerprint density at radius 2 is 2.00 bits per heavy atom. The van der Waals surface area contributed by atoms with Crippen molar-refractivity contribution in [3.8, 4) is 0 Å². The summed E-state index contributed by atoms with van der Waals surface area (Å²) in [6, 6.07) is 6.31. The van der Waals surface area contributed by atoms with Crippen LogP contribution in [0, 0.1) is 0 Å². The standard InChI is InChI=1S/C20H25N5O2/c26-19(17-4-3-11-25(17)15-5-6-15)24-12-13-27-18(14-24)16-7-8-21-20(22-16)23-9-1-2-10-23/h3-4,7-8,11,15,18H,1-2,5-6,9-10,12-14H2. The van der Waals surface area contributed by atoms with E-state index in [0.717, 1.165) is 30.4 Å². The van der Waals surface area contributed by atoms with E-state index in [0.29, 0.717) is 25.7 Å². The molecule has 3 fully saturated rings. The third kappa shape index (κ3) is 3.32. The van der Waals surface area contributed by atoms with E-state index in [1.807, 2.05) is 29.3 Å². The number of carbonyl (C=O) groups is 1. The highest BCUT2D eigenvalue weighted by molar-refractivity contribution is 5.93. The van der Waals surface area contributed by atoms with Crippen molar-refractivity contribution in [1.82, 2.24) is 19.4 Å².